The molecule has 1 aliphatic rings. The standard InChI is InChI=1S/C15H22O3S3/c1-18-11-7-10-13-14(19-2)15(13,20-3)21(16,17)12-8-5-4-6-9-12/h4-6,8-9,13-14H,7,10-11H2,1-3H3/t13-,14+,15+/m1/s1. The van der Waals surface area contributed by atoms with E-state index in [4.69, 9.17) is 4.74 Å². The smallest absolute Gasteiger partial charge is 0.194 e. The van der Waals surface area contributed by atoms with Crippen molar-refractivity contribution in [1.82, 2.24) is 0 Å². The molecule has 2 rings (SSSR count). The number of rotatable bonds is 8. The van der Waals surface area contributed by atoms with Crippen LogP contribution in [0, 0.1) is 5.92 Å². The lowest BCUT2D eigenvalue weighted by atomic mass is 10.2. The van der Waals surface area contributed by atoms with Gasteiger partial charge in [-0.3, -0.25) is 0 Å². The van der Waals surface area contributed by atoms with Gasteiger partial charge in [0.05, 0.1) is 4.90 Å². The van der Waals surface area contributed by atoms with Crippen molar-refractivity contribution in [2.24, 2.45) is 5.92 Å². The molecule has 0 aliphatic heterocycles. The Morgan fingerprint density at radius 2 is 1.90 bits per heavy atom. The third-order valence-corrected chi connectivity index (χ3v) is 10.2. The monoisotopic (exact) mass is 346 g/mol. The second-order valence-corrected chi connectivity index (χ2v) is 9.62. The van der Waals surface area contributed by atoms with E-state index in [9.17, 15) is 8.42 Å². The van der Waals surface area contributed by atoms with Gasteiger partial charge < -0.3 is 4.74 Å². The first kappa shape index (κ1) is 17.2. The molecule has 0 amide bonds. The molecule has 6 heteroatoms. The van der Waals surface area contributed by atoms with Crippen molar-refractivity contribution >= 4 is 33.4 Å². The Bertz CT molecular complexity index is 559. The molecule has 0 saturated heterocycles. The molecule has 1 aliphatic carbocycles. The third-order valence-electron chi connectivity index (χ3n) is 4.08. The lowest BCUT2D eigenvalue weighted by Crippen LogP contribution is -2.24. The Balaban J connectivity index is 2.29. The molecule has 1 saturated carbocycles. The van der Waals surface area contributed by atoms with Crippen LogP contribution in [0.4, 0.5) is 0 Å². The molecule has 1 aromatic rings. The molecule has 0 aromatic heterocycles. The van der Waals surface area contributed by atoms with E-state index in [1.165, 1.54) is 11.8 Å². The van der Waals surface area contributed by atoms with Gasteiger partial charge in [-0.1, -0.05) is 18.2 Å². The van der Waals surface area contributed by atoms with Crippen LogP contribution in [0.25, 0.3) is 0 Å². The first-order valence-electron chi connectivity index (χ1n) is 6.92. The molecule has 3 nitrogen and oxygen atoms in total. The fourth-order valence-electron chi connectivity index (χ4n) is 3.02. The van der Waals surface area contributed by atoms with Crippen LogP contribution in [0.5, 0.6) is 0 Å². The minimum Gasteiger partial charge on any atom is -0.385 e. The second kappa shape index (κ2) is 6.94. The molecule has 3 atom stereocenters. The highest BCUT2D eigenvalue weighted by Crippen LogP contribution is 2.65. The fraction of sp³-hybridized carbons (Fsp3) is 0.600. The Morgan fingerprint density at radius 3 is 2.43 bits per heavy atom. The Labute approximate surface area is 136 Å². The maximum absolute atomic E-state index is 13.1. The van der Waals surface area contributed by atoms with Crippen LogP contribution in [0.2, 0.25) is 0 Å². The van der Waals surface area contributed by atoms with Gasteiger partial charge in [0.25, 0.3) is 0 Å². The summed E-state index contributed by atoms with van der Waals surface area (Å²) in [5, 5.41) is 0.162. The van der Waals surface area contributed by atoms with E-state index in [0.717, 1.165) is 12.8 Å². The van der Waals surface area contributed by atoms with Crippen LogP contribution in [0.15, 0.2) is 35.2 Å². The zero-order valence-corrected chi connectivity index (χ0v) is 15.1. The second-order valence-electron chi connectivity index (χ2n) is 5.14. The SMILES string of the molecule is COCCC[C@@H]1[C@H](SC)[C@@]1(SC)S(=O)(=O)c1ccccc1. The van der Waals surface area contributed by atoms with Crippen molar-refractivity contribution in [3.8, 4) is 0 Å². The molecule has 0 N–H and O–H groups in total. The van der Waals surface area contributed by atoms with E-state index in [2.05, 4.69) is 0 Å². The van der Waals surface area contributed by atoms with Gasteiger partial charge in [0, 0.05) is 24.9 Å². The van der Waals surface area contributed by atoms with E-state index < -0.39 is 13.9 Å². The van der Waals surface area contributed by atoms with Crippen molar-refractivity contribution in [2.75, 3.05) is 26.2 Å². The van der Waals surface area contributed by atoms with Gasteiger partial charge in [0.1, 0.15) is 4.08 Å². The highest BCUT2D eigenvalue weighted by atomic mass is 32.3. The fourth-order valence-corrected chi connectivity index (χ4v) is 9.53. The van der Waals surface area contributed by atoms with E-state index in [1.807, 2.05) is 18.6 Å². The minimum absolute atomic E-state index is 0.162. The summed E-state index contributed by atoms with van der Waals surface area (Å²) in [6, 6.07) is 8.83. The zero-order chi connectivity index (χ0) is 15.5. The van der Waals surface area contributed by atoms with Gasteiger partial charge in [-0.25, -0.2) is 8.42 Å². The van der Waals surface area contributed by atoms with Gasteiger partial charge in [-0.2, -0.15) is 11.8 Å². The molecular formula is C15H22O3S3. The zero-order valence-electron chi connectivity index (χ0n) is 12.6. The Morgan fingerprint density at radius 1 is 1.24 bits per heavy atom. The minimum atomic E-state index is -3.32. The molecule has 1 fully saturated rings. The molecule has 1 aromatic carbocycles. The van der Waals surface area contributed by atoms with E-state index in [-0.39, 0.29) is 11.2 Å². The number of benzene rings is 1. The van der Waals surface area contributed by atoms with Crippen molar-refractivity contribution in [2.45, 2.75) is 27.1 Å². The Hall–Kier alpha value is -0.170. The van der Waals surface area contributed by atoms with Crippen LogP contribution in [0.1, 0.15) is 12.8 Å². The summed E-state index contributed by atoms with van der Waals surface area (Å²) in [7, 11) is -1.64. The molecule has 0 unspecified atom stereocenters. The number of hydrogen-bond acceptors (Lipinski definition) is 5. The van der Waals surface area contributed by atoms with Gasteiger partial charge in [0.2, 0.25) is 0 Å². The average Bonchev–Trinajstić information content (AvgIpc) is 3.17. The van der Waals surface area contributed by atoms with Crippen molar-refractivity contribution in [1.29, 1.82) is 0 Å². The predicted octanol–water partition coefficient (Wildman–Crippen LogP) is 3.31. The van der Waals surface area contributed by atoms with Gasteiger partial charge in [0.15, 0.2) is 9.84 Å². The number of sulfone groups is 1. The van der Waals surface area contributed by atoms with Crippen LogP contribution in [-0.4, -0.2) is 44.0 Å². The summed E-state index contributed by atoms with van der Waals surface area (Å²) in [6.07, 6.45) is 5.73. The van der Waals surface area contributed by atoms with Crippen LogP contribution in [-0.2, 0) is 14.6 Å². The van der Waals surface area contributed by atoms with Crippen LogP contribution in [0.3, 0.4) is 0 Å². The van der Waals surface area contributed by atoms with Gasteiger partial charge in [-0.15, -0.1) is 11.8 Å². The van der Waals surface area contributed by atoms with Crippen molar-refractivity contribution < 1.29 is 13.2 Å². The Kier molecular flexibility index (Phi) is 5.68. The van der Waals surface area contributed by atoms with Crippen LogP contribution < -0.4 is 0 Å². The maximum atomic E-state index is 13.1. The number of methoxy groups -OCH3 is 1. The van der Waals surface area contributed by atoms with Gasteiger partial charge >= 0.3 is 0 Å². The third kappa shape index (κ3) is 2.87. The molecule has 0 spiro atoms. The molecule has 0 radical (unpaired) electrons. The summed E-state index contributed by atoms with van der Waals surface area (Å²) >= 11 is 3.16. The summed E-state index contributed by atoms with van der Waals surface area (Å²) in [6.45, 7) is 0.688. The molecule has 21 heavy (non-hydrogen) atoms. The van der Waals surface area contributed by atoms with Gasteiger partial charge in [-0.05, 0) is 37.5 Å². The van der Waals surface area contributed by atoms with E-state index in [0.29, 0.717) is 11.5 Å². The molecule has 0 heterocycles. The van der Waals surface area contributed by atoms with E-state index in [1.54, 1.807) is 43.1 Å². The van der Waals surface area contributed by atoms with Crippen LogP contribution >= 0.6 is 23.5 Å². The maximum Gasteiger partial charge on any atom is 0.194 e. The molecular weight excluding hydrogens is 324 g/mol. The topological polar surface area (TPSA) is 43.4 Å². The first-order chi connectivity index (χ1) is 10.1. The summed E-state index contributed by atoms with van der Waals surface area (Å²) in [4.78, 5) is 0.438. The number of ether oxygens (including phenoxy) is 1. The number of thioether (sulfide) groups is 2. The largest absolute Gasteiger partial charge is 0.385 e. The molecule has 0 bridgehead atoms. The lowest BCUT2D eigenvalue weighted by molar-refractivity contribution is 0.191. The van der Waals surface area contributed by atoms with Crippen molar-refractivity contribution in [3.05, 3.63) is 30.3 Å². The normalized spacial score (nSPS) is 28.5. The summed E-state index contributed by atoms with van der Waals surface area (Å²) in [5.41, 5.74) is 0. The quantitative estimate of drug-likeness (QED) is 0.676. The highest BCUT2D eigenvalue weighted by Gasteiger charge is 2.71. The first-order valence-corrected chi connectivity index (χ1v) is 10.9. The summed E-state index contributed by atoms with van der Waals surface area (Å²) in [5.74, 6) is 0.197. The predicted molar refractivity (Wildman–Crippen MR) is 91.8 cm³/mol. The highest BCUT2D eigenvalue weighted by molar-refractivity contribution is 8.17. The lowest BCUT2D eigenvalue weighted by Gasteiger charge is -2.17. The molecule has 118 valence electrons. The van der Waals surface area contributed by atoms with E-state index >= 15 is 0 Å². The number of hydrogen-bond donors (Lipinski definition) is 0. The average molecular weight is 347 g/mol. The summed E-state index contributed by atoms with van der Waals surface area (Å²) < 4.78 is 30.6. The van der Waals surface area contributed by atoms with Crippen molar-refractivity contribution in [3.63, 3.8) is 0 Å².